The molecule has 1 N–H and O–H groups in total. The Morgan fingerprint density at radius 3 is 2.28 bits per heavy atom. The smallest absolute Gasteiger partial charge is 0.410 e. The summed E-state index contributed by atoms with van der Waals surface area (Å²) in [5.41, 5.74) is 4.82. The molecule has 2 fully saturated rings. The van der Waals surface area contributed by atoms with Crippen LogP contribution in [0.1, 0.15) is 42.7 Å². The number of fused-ring (bicyclic) bond motifs is 4. The highest BCUT2D eigenvalue weighted by atomic mass is 16.6. The molecule has 3 unspecified atom stereocenters. The van der Waals surface area contributed by atoms with Crippen LogP contribution in [-0.2, 0) is 9.53 Å². The van der Waals surface area contributed by atoms with Crippen molar-refractivity contribution >= 4 is 12.1 Å². The van der Waals surface area contributed by atoms with Crippen LogP contribution < -0.4 is 0 Å². The number of benzene rings is 2. The fourth-order valence-electron chi connectivity index (χ4n) is 5.69. The van der Waals surface area contributed by atoms with E-state index in [1.807, 2.05) is 24.3 Å². The minimum atomic E-state index is -0.728. The van der Waals surface area contributed by atoms with Gasteiger partial charge in [-0.15, -0.1) is 0 Å². The largest absolute Gasteiger partial charge is 0.481 e. The molecule has 1 saturated heterocycles. The quantitative estimate of drug-likeness (QED) is 0.836. The normalized spacial score (nSPS) is 25.2. The van der Waals surface area contributed by atoms with Crippen LogP contribution >= 0.6 is 0 Å². The zero-order valence-corrected chi connectivity index (χ0v) is 16.3. The van der Waals surface area contributed by atoms with E-state index in [2.05, 4.69) is 24.3 Å². The van der Waals surface area contributed by atoms with Gasteiger partial charge in [-0.2, -0.15) is 0 Å². The number of nitrogens with zero attached hydrogens (tertiary/aromatic N) is 1. The van der Waals surface area contributed by atoms with Crippen LogP contribution in [0, 0.1) is 11.8 Å². The lowest BCUT2D eigenvalue weighted by Gasteiger charge is -2.34. The third-order valence-corrected chi connectivity index (χ3v) is 7.02. The van der Waals surface area contributed by atoms with E-state index < -0.39 is 5.97 Å². The minimum absolute atomic E-state index is 0.000463. The zero-order chi connectivity index (χ0) is 20.0. The minimum Gasteiger partial charge on any atom is -0.481 e. The molecule has 2 aliphatic carbocycles. The van der Waals surface area contributed by atoms with Crippen LogP contribution in [0.5, 0.6) is 0 Å². The topological polar surface area (TPSA) is 66.8 Å². The van der Waals surface area contributed by atoms with Crippen molar-refractivity contribution in [1.82, 2.24) is 4.90 Å². The Morgan fingerprint density at radius 2 is 1.62 bits per heavy atom. The maximum absolute atomic E-state index is 12.9. The number of carboxylic acid groups (broad SMARTS) is 1. The van der Waals surface area contributed by atoms with Crippen LogP contribution in [-0.4, -0.2) is 41.3 Å². The van der Waals surface area contributed by atoms with Gasteiger partial charge in [0, 0.05) is 18.5 Å². The number of carboxylic acids is 1. The molecule has 29 heavy (non-hydrogen) atoms. The second-order valence-electron chi connectivity index (χ2n) is 8.39. The molecule has 0 radical (unpaired) electrons. The van der Waals surface area contributed by atoms with Gasteiger partial charge in [-0.1, -0.05) is 55.0 Å². The molecule has 1 amide bonds. The number of hydrogen-bond donors (Lipinski definition) is 1. The van der Waals surface area contributed by atoms with Crippen molar-refractivity contribution in [2.75, 3.05) is 13.2 Å². The first-order valence-corrected chi connectivity index (χ1v) is 10.5. The molecule has 1 aliphatic heterocycles. The Labute approximate surface area is 170 Å². The lowest BCUT2D eigenvalue weighted by atomic mass is 9.76. The maximum atomic E-state index is 12.9. The van der Waals surface area contributed by atoms with Gasteiger partial charge in [0.15, 0.2) is 0 Å². The van der Waals surface area contributed by atoms with E-state index in [0.717, 1.165) is 25.7 Å². The van der Waals surface area contributed by atoms with E-state index in [-0.39, 0.29) is 29.9 Å². The summed E-state index contributed by atoms with van der Waals surface area (Å²) >= 11 is 0. The van der Waals surface area contributed by atoms with Crippen molar-refractivity contribution in [2.45, 2.75) is 37.6 Å². The van der Waals surface area contributed by atoms with Crippen LogP contribution in [0.3, 0.4) is 0 Å². The van der Waals surface area contributed by atoms with Crippen LogP contribution in [0.2, 0.25) is 0 Å². The first-order chi connectivity index (χ1) is 14.1. The summed E-state index contributed by atoms with van der Waals surface area (Å²) in [4.78, 5) is 26.3. The van der Waals surface area contributed by atoms with Gasteiger partial charge < -0.3 is 14.7 Å². The molecule has 5 nitrogen and oxygen atoms in total. The SMILES string of the molecule is O=C(O)C1CCCC2C1CCN2C(=O)OCC1c2ccccc2-c2ccccc21. The second kappa shape index (κ2) is 7.21. The Bertz CT molecular complexity index is 910. The average molecular weight is 391 g/mol. The first kappa shape index (κ1) is 18.2. The Kier molecular flexibility index (Phi) is 4.53. The van der Waals surface area contributed by atoms with Gasteiger partial charge in [-0.3, -0.25) is 4.79 Å². The molecule has 1 saturated carbocycles. The van der Waals surface area contributed by atoms with Gasteiger partial charge >= 0.3 is 12.1 Å². The Balaban J connectivity index is 1.31. The molecule has 5 rings (SSSR count). The summed E-state index contributed by atoms with van der Waals surface area (Å²) in [7, 11) is 0. The van der Waals surface area contributed by atoms with Gasteiger partial charge in [0.05, 0.1) is 5.92 Å². The lowest BCUT2D eigenvalue weighted by molar-refractivity contribution is -0.145. The van der Waals surface area contributed by atoms with E-state index >= 15 is 0 Å². The summed E-state index contributed by atoms with van der Waals surface area (Å²) in [6, 6.07) is 16.6. The maximum Gasteiger partial charge on any atom is 0.410 e. The van der Waals surface area contributed by atoms with Crippen molar-refractivity contribution in [3.05, 3.63) is 59.7 Å². The fourth-order valence-corrected chi connectivity index (χ4v) is 5.69. The van der Waals surface area contributed by atoms with Crippen LogP contribution in [0.25, 0.3) is 11.1 Å². The van der Waals surface area contributed by atoms with Gasteiger partial charge in [-0.05, 0) is 47.4 Å². The number of carbonyl (C=O) groups excluding carboxylic acids is 1. The molecular weight excluding hydrogens is 366 g/mol. The van der Waals surface area contributed by atoms with E-state index in [0.29, 0.717) is 13.2 Å². The molecule has 3 atom stereocenters. The molecule has 5 heteroatoms. The van der Waals surface area contributed by atoms with Crippen molar-refractivity contribution in [2.24, 2.45) is 11.8 Å². The van der Waals surface area contributed by atoms with Crippen LogP contribution in [0.15, 0.2) is 48.5 Å². The molecule has 0 spiro atoms. The number of hydrogen-bond acceptors (Lipinski definition) is 3. The number of amides is 1. The Hall–Kier alpha value is -2.82. The highest BCUT2D eigenvalue weighted by Crippen LogP contribution is 2.45. The average Bonchev–Trinajstić information content (AvgIpc) is 3.31. The van der Waals surface area contributed by atoms with Gasteiger partial charge in [-0.25, -0.2) is 4.79 Å². The summed E-state index contributed by atoms with van der Waals surface area (Å²) in [5, 5.41) is 9.51. The first-order valence-electron chi connectivity index (χ1n) is 10.5. The van der Waals surface area contributed by atoms with Crippen molar-refractivity contribution in [3.63, 3.8) is 0 Å². The Morgan fingerprint density at radius 1 is 0.966 bits per heavy atom. The van der Waals surface area contributed by atoms with E-state index in [9.17, 15) is 14.7 Å². The number of likely N-dealkylation sites (tertiary alicyclic amines) is 1. The predicted molar refractivity (Wildman–Crippen MR) is 109 cm³/mol. The van der Waals surface area contributed by atoms with Crippen molar-refractivity contribution < 1.29 is 19.4 Å². The number of carbonyl (C=O) groups is 2. The molecule has 3 aliphatic rings. The highest BCUT2D eigenvalue weighted by Gasteiger charge is 2.46. The van der Waals surface area contributed by atoms with E-state index in [1.54, 1.807) is 4.90 Å². The summed E-state index contributed by atoms with van der Waals surface area (Å²) in [6.45, 7) is 0.902. The highest BCUT2D eigenvalue weighted by molar-refractivity contribution is 5.79. The van der Waals surface area contributed by atoms with Crippen molar-refractivity contribution in [1.29, 1.82) is 0 Å². The number of aliphatic carboxylic acids is 1. The molecule has 1 heterocycles. The number of ether oxygens (including phenoxy) is 1. The summed E-state index contributed by atoms with van der Waals surface area (Å²) < 4.78 is 5.81. The monoisotopic (exact) mass is 391 g/mol. The summed E-state index contributed by atoms with van der Waals surface area (Å²) in [5.74, 6) is -0.959. The zero-order valence-electron chi connectivity index (χ0n) is 16.3. The third kappa shape index (κ3) is 3.00. The standard InChI is InChI=1S/C24H25NO4/c26-23(27)20-10-5-11-22-19(20)12-13-25(22)24(28)29-14-21-17-8-3-1-6-15(17)16-7-2-4-9-18(16)21/h1-4,6-9,19-22H,5,10-14H2,(H,26,27). The third-order valence-electron chi connectivity index (χ3n) is 7.02. The van der Waals surface area contributed by atoms with Gasteiger partial charge in [0.2, 0.25) is 0 Å². The lowest BCUT2D eigenvalue weighted by Crippen LogP contribution is -2.43. The van der Waals surface area contributed by atoms with E-state index in [1.165, 1.54) is 22.3 Å². The molecular formula is C24H25NO4. The van der Waals surface area contributed by atoms with Gasteiger partial charge in [0.25, 0.3) is 0 Å². The van der Waals surface area contributed by atoms with Crippen LogP contribution in [0.4, 0.5) is 4.79 Å². The summed E-state index contributed by atoms with van der Waals surface area (Å²) in [6.07, 6.45) is 2.90. The predicted octanol–water partition coefficient (Wildman–Crippen LogP) is 4.51. The molecule has 2 aromatic carbocycles. The molecule has 2 aromatic rings. The van der Waals surface area contributed by atoms with Crippen molar-refractivity contribution in [3.8, 4) is 11.1 Å². The molecule has 150 valence electrons. The number of rotatable bonds is 3. The van der Waals surface area contributed by atoms with E-state index in [4.69, 9.17) is 4.74 Å². The van der Waals surface area contributed by atoms with Gasteiger partial charge in [0.1, 0.15) is 6.61 Å². The molecule has 0 aromatic heterocycles. The fraction of sp³-hybridized carbons (Fsp3) is 0.417. The second-order valence-corrected chi connectivity index (χ2v) is 8.39. The molecule has 0 bridgehead atoms.